The molecule has 1 saturated heterocycles. The number of ketones is 2. The molecule has 0 aromatic heterocycles. The number of aryl methyl sites for hydroxylation is 1. The van der Waals surface area contributed by atoms with E-state index >= 15 is 0 Å². The summed E-state index contributed by atoms with van der Waals surface area (Å²) in [7, 11) is 0. The Morgan fingerprint density at radius 2 is 1.62 bits per heavy atom. The Balaban J connectivity index is 1.61. The summed E-state index contributed by atoms with van der Waals surface area (Å²) in [5, 5.41) is 0. The number of benzene rings is 2. The first kappa shape index (κ1) is 18.4. The fourth-order valence-corrected chi connectivity index (χ4v) is 5.73. The van der Waals surface area contributed by atoms with Gasteiger partial charge >= 0.3 is 0 Å². The molecule has 4 nitrogen and oxygen atoms in total. The van der Waals surface area contributed by atoms with Crippen molar-refractivity contribution in [3.63, 3.8) is 0 Å². The minimum Gasteiger partial charge on any atom is -0.367 e. The summed E-state index contributed by atoms with van der Waals surface area (Å²) in [4.78, 5) is 31.4. The van der Waals surface area contributed by atoms with E-state index in [1.807, 2.05) is 6.07 Å². The minimum atomic E-state index is -0.886. The molecule has 2 heterocycles. The van der Waals surface area contributed by atoms with Gasteiger partial charge in [0.2, 0.25) is 0 Å². The average Bonchev–Trinajstić information content (AvgIpc) is 2.73. The highest BCUT2D eigenvalue weighted by Gasteiger charge is 2.58. The molecule has 0 bridgehead atoms. The zero-order valence-corrected chi connectivity index (χ0v) is 17.3. The highest BCUT2D eigenvalue weighted by atomic mass is 16.2. The first-order chi connectivity index (χ1) is 14.0. The molecule has 0 radical (unpaired) electrons. The van der Waals surface area contributed by atoms with Crippen molar-refractivity contribution in [1.29, 1.82) is 0 Å². The van der Waals surface area contributed by atoms with E-state index in [4.69, 9.17) is 0 Å². The van der Waals surface area contributed by atoms with Gasteiger partial charge in [0.1, 0.15) is 17.0 Å². The molecule has 0 unspecified atom stereocenters. The van der Waals surface area contributed by atoms with Crippen molar-refractivity contribution in [3.8, 4) is 0 Å². The Kier molecular flexibility index (Phi) is 4.27. The average molecular weight is 389 g/mol. The quantitative estimate of drug-likeness (QED) is 0.696. The zero-order valence-electron chi connectivity index (χ0n) is 17.3. The fraction of sp³-hybridized carbons (Fsp3) is 0.440. The van der Waals surface area contributed by atoms with Gasteiger partial charge in [0.05, 0.1) is 6.04 Å². The van der Waals surface area contributed by atoms with Crippen LogP contribution in [0.1, 0.15) is 36.0 Å². The first-order valence-corrected chi connectivity index (χ1v) is 10.7. The summed E-state index contributed by atoms with van der Waals surface area (Å²) >= 11 is 0. The number of fused-ring (bicyclic) bond motifs is 4. The number of piperazine rings is 1. The Bertz CT molecular complexity index is 980. The number of hydrogen-bond donors (Lipinski definition) is 0. The molecule has 2 aliphatic heterocycles. The number of nitrogens with zero attached hydrogens (tertiary/aromatic N) is 2. The number of rotatable bonds is 1. The maximum absolute atomic E-state index is 13.3. The lowest BCUT2D eigenvalue weighted by molar-refractivity contribution is -0.146. The third kappa shape index (κ3) is 2.65. The second-order valence-electron chi connectivity index (χ2n) is 8.85. The lowest BCUT2D eigenvalue weighted by Gasteiger charge is -2.55. The smallest absolute Gasteiger partial charge is 0.148 e. The number of hydrogen-bond acceptors (Lipinski definition) is 4. The summed E-state index contributed by atoms with van der Waals surface area (Å²) in [5.41, 5.74) is 5.26. The van der Waals surface area contributed by atoms with E-state index in [9.17, 15) is 9.59 Å². The molecule has 1 atom stereocenters. The molecule has 5 rings (SSSR count). The van der Waals surface area contributed by atoms with Crippen LogP contribution in [0.4, 0.5) is 11.4 Å². The Morgan fingerprint density at radius 3 is 2.41 bits per heavy atom. The predicted octanol–water partition coefficient (Wildman–Crippen LogP) is 3.86. The molecular formula is C25H28N2O2. The van der Waals surface area contributed by atoms with Gasteiger partial charge < -0.3 is 9.80 Å². The van der Waals surface area contributed by atoms with Crippen LogP contribution in [0, 0.1) is 19.3 Å². The van der Waals surface area contributed by atoms with Crippen molar-refractivity contribution in [3.05, 3.63) is 59.2 Å². The van der Waals surface area contributed by atoms with Gasteiger partial charge in [-0.25, -0.2) is 0 Å². The predicted molar refractivity (Wildman–Crippen MR) is 116 cm³/mol. The van der Waals surface area contributed by atoms with Crippen molar-refractivity contribution >= 4 is 22.9 Å². The van der Waals surface area contributed by atoms with E-state index in [2.05, 4.69) is 60.0 Å². The Hall–Kier alpha value is -2.62. The van der Waals surface area contributed by atoms with E-state index in [1.54, 1.807) is 0 Å². The van der Waals surface area contributed by atoms with Crippen molar-refractivity contribution in [1.82, 2.24) is 0 Å². The summed E-state index contributed by atoms with van der Waals surface area (Å²) in [5.74, 6) is 0.308. The molecule has 150 valence electrons. The molecule has 0 amide bonds. The van der Waals surface area contributed by atoms with Crippen molar-refractivity contribution in [2.45, 2.75) is 45.6 Å². The Morgan fingerprint density at radius 1 is 0.897 bits per heavy atom. The lowest BCUT2D eigenvalue weighted by Crippen LogP contribution is -2.68. The molecule has 29 heavy (non-hydrogen) atoms. The van der Waals surface area contributed by atoms with Crippen LogP contribution < -0.4 is 9.80 Å². The molecule has 1 saturated carbocycles. The summed E-state index contributed by atoms with van der Waals surface area (Å²) < 4.78 is 0. The van der Waals surface area contributed by atoms with Crippen LogP contribution in [-0.4, -0.2) is 37.2 Å². The maximum Gasteiger partial charge on any atom is 0.148 e. The second-order valence-corrected chi connectivity index (χ2v) is 8.85. The Labute approximate surface area is 172 Å². The van der Waals surface area contributed by atoms with E-state index in [1.165, 1.54) is 22.5 Å². The molecule has 1 aliphatic carbocycles. The van der Waals surface area contributed by atoms with Gasteiger partial charge in [-0.05, 0) is 55.5 Å². The maximum atomic E-state index is 13.3. The van der Waals surface area contributed by atoms with Crippen molar-refractivity contribution < 1.29 is 9.59 Å². The fourth-order valence-electron chi connectivity index (χ4n) is 5.73. The van der Waals surface area contributed by atoms with E-state index in [0.717, 1.165) is 25.2 Å². The topological polar surface area (TPSA) is 40.6 Å². The number of Topliss-reactive ketones (excluding diaryl/α,β-unsaturated/α-hetero) is 2. The van der Waals surface area contributed by atoms with Gasteiger partial charge in [0.25, 0.3) is 0 Å². The third-order valence-corrected chi connectivity index (χ3v) is 7.44. The van der Waals surface area contributed by atoms with Crippen LogP contribution in [-0.2, 0) is 16.0 Å². The molecule has 2 aromatic rings. The highest BCUT2D eigenvalue weighted by molar-refractivity contribution is 6.11. The van der Waals surface area contributed by atoms with Crippen LogP contribution in [0.5, 0.6) is 0 Å². The molecule has 2 fully saturated rings. The summed E-state index contributed by atoms with van der Waals surface area (Å²) in [6.07, 6.45) is 2.32. The highest BCUT2D eigenvalue weighted by Crippen LogP contribution is 2.47. The first-order valence-electron chi connectivity index (χ1n) is 10.7. The van der Waals surface area contributed by atoms with Crippen LogP contribution in [0.2, 0.25) is 0 Å². The number of carbonyl (C=O) groups is 2. The zero-order chi connectivity index (χ0) is 20.2. The largest absolute Gasteiger partial charge is 0.367 e. The van der Waals surface area contributed by atoms with Gasteiger partial charge in [-0.3, -0.25) is 9.59 Å². The molecule has 0 N–H and O–H groups in total. The SMILES string of the molecule is Cc1cccc(N2CCN3c4ccccc4CC4(C(=O)CCCC4=O)[C@H]3C2)c1C. The second kappa shape index (κ2) is 6.72. The standard InChI is InChI=1S/C25H28N2O2/c1-17-7-5-10-20(18(17)2)26-13-14-27-21-9-4-3-8-19(21)15-25(22(27)16-26)23(28)11-6-12-24(25)29/h3-5,7-10,22H,6,11-16H2,1-2H3/t22-/m1/s1. The molecule has 1 spiro atoms. The van der Waals surface area contributed by atoms with Crippen molar-refractivity contribution in [2.24, 2.45) is 5.41 Å². The molecular weight excluding hydrogens is 360 g/mol. The lowest BCUT2D eigenvalue weighted by atomic mass is 9.61. The molecule has 2 aromatic carbocycles. The normalized spacial score (nSPS) is 23.2. The van der Waals surface area contributed by atoms with Gasteiger partial charge in [-0.2, -0.15) is 0 Å². The van der Waals surface area contributed by atoms with E-state index < -0.39 is 5.41 Å². The summed E-state index contributed by atoms with van der Waals surface area (Å²) in [6, 6.07) is 14.7. The van der Waals surface area contributed by atoms with E-state index in [-0.39, 0.29) is 17.6 Å². The van der Waals surface area contributed by atoms with Crippen molar-refractivity contribution in [2.75, 3.05) is 29.4 Å². The minimum absolute atomic E-state index is 0.0913. The van der Waals surface area contributed by atoms with Crippen LogP contribution in [0.25, 0.3) is 0 Å². The van der Waals surface area contributed by atoms with Gasteiger partial charge in [-0.1, -0.05) is 30.3 Å². The van der Waals surface area contributed by atoms with Crippen LogP contribution in [0.15, 0.2) is 42.5 Å². The number of carbonyl (C=O) groups excluding carboxylic acids is 2. The number of para-hydroxylation sites is 1. The van der Waals surface area contributed by atoms with Gasteiger partial charge in [-0.15, -0.1) is 0 Å². The van der Waals surface area contributed by atoms with Gasteiger partial charge in [0.15, 0.2) is 0 Å². The van der Waals surface area contributed by atoms with Crippen LogP contribution >= 0.6 is 0 Å². The van der Waals surface area contributed by atoms with E-state index in [0.29, 0.717) is 25.7 Å². The monoisotopic (exact) mass is 388 g/mol. The number of anilines is 2. The third-order valence-electron chi connectivity index (χ3n) is 7.44. The van der Waals surface area contributed by atoms with Gasteiger partial charge in [0, 0.05) is 43.9 Å². The van der Waals surface area contributed by atoms with Crippen LogP contribution in [0.3, 0.4) is 0 Å². The summed E-state index contributed by atoms with van der Waals surface area (Å²) in [6.45, 7) is 6.75. The molecule has 4 heteroatoms. The molecule has 3 aliphatic rings.